The van der Waals surface area contributed by atoms with Crippen molar-refractivity contribution in [2.75, 3.05) is 7.05 Å². The van der Waals surface area contributed by atoms with Crippen LogP contribution in [0.5, 0.6) is 0 Å². The topological polar surface area (TPSA) is 24.7 Å². The molecular formula is C45H36N2. The average molecular weight is 605 g/mol. The number of hydrogen-bond donors (Lipinski definition) is 0. The Labute approximate surface area is 277 Å². The largest absolute Gasteiger partial charge is 0.270 e. The van der Waals surface area contributed by atoms with E-state index in [0.29, 0.717) is 0 Å². The van der Waals surface area contributed by atoms with Crippen LogP contribution in [0.25, 0.3) is 27.5 Å². The zero-order valence-corrected chi connectivity index (χ0v) is 26.8. The number of benzene rings is 6. The Morgan fingerprint density at radius 2 is 1.34 bits per heavy atom. The van der Waals surface area contributed by atoms with Gasteiger partial charge in [0, 0.05) is 29.7 Å². The van der Waals surface area contributed by atoms with E-state index < -0.39 is 0 Å². The van der Waals surface area contributed by atoms with Gasteiger partial charge in [0.1, 0.15) is 0 Å². The van der Waals surface area contributed by atoms with Crippen LogP contribution in [-0.2, 0) is 6.42 Å². The second kappa shape index (κ2) is 12.3. The lowest BCUT2D eigenvalue weighted by molar-refractivity contribution is 0.800. The van der Waals surface area contributed by atoms with Crippen LogP contribution in [0.3, 0.4) is 0 Å². The summed E-state index contributed by atoms with van der Waals surface area (Å²) in [6.07, 6.45) is 4.45. The van der Waals surface area contributed by atoms with Crippen molar-refractivity contribution in [2.24, 2.45) is 9.98 Å². The summed E-state index contributed by atoms with van der Waals surface area (Å²) >= 11 is 0. The van der Waals surface area contributed by atoms with Gasteiger partial charge in [-0.15, -0.1) is 0 Å². The Morgan fingerprint density at radius 1 is 0.660 bits per heavy atom. The van der Waals surface area contributed by atoms with Crippen molar-refractivity contribution in [3.05, 3.63) is 196 Å². The minimum Gasteiger partial charge on any atom is -0.270 e. The number of hydrogen-bond acceptors (Lipinski definition) is 1. The van der Waals surface area contributed by atoms with Crippen molar-refractivity contribution in [1.82, 2.24) is 0 Å². The summed E-state index contributed by atoms with van der Waals surface area (Å²) < 4.78 is 0. The number of rotatable bonds is 5. The molecule has 2 heteroatoms. The van der Waals surface area contributed by atoms with Gasteiger partial charge < -0.3 is 0 Å². The molecule has 2 aliphatic carbocycles. The monoisotopic (exact) mass is 604 g/mol. The van der Waals surface area contributed by atoms with E-state index in [4.69, 9.17) is 9.98 Å². The van der Waals surface area contributed by atoms with Gasteiger partial charge in [0.15, 0.2) is 5.84 Å². The quantitative estimate of drug-likeness (QED) is 0.138. The number of allylic oxidation sites excluding steroid dienone is 4. The van der Waals surface area contributed by atoms with Crippen molar-refractivity contribution in [1.29, 1.82) is 0 Å². The normalized spacial score (nSPS) is 16.2. The fourth-order valence-corrected chi connectivity index (χ4v) is 7.34. The molecule has 0 aromatic heterocycles. The molecule has 0 saturated carbocycles. The van der Waals surface area contributed by atoms with Crippen molar-refractivity contribution in [3.8, 4) is 11.1 Å². The molecule has 0 N–H and O–H groups in total. The van der Waals surface area contributed by atoms with Crippen LogP contribution in [-0.4, -0.2) is 18.6 Å². The second-order valence-electron chi connectivity index (χ2n) is 12.6. The standard InChI is InChI=1S/C45H36N2/c1-30-21-22-34-26-36(24-23-33(34)25-30)45(46-2)47-44(41-20-12-11-18-39(41)32-15-7-4-8-16-32)42-29-37(31-13-5-3-6-14-31)28-38-27-35-17-9-10-19-40(35)43(38)42/h3-26,29,37H,27-28H2,1-2H3. The van der Waals surface area contributed by atoms with Crippen LogP contribution in [0.2, 0.25) is 0 Å². The van der Waals surface area contributed by atoms with E-state index in [1.807, 2.05) is 7.05 Å². The molecule has 0 aliphatic heterocycles. The van der Waals surface area contributed by atoms with E-state index in [-0.39, 0.29) is 5.92 Å². The van der Waals surface area contributed by atoms with E-state index >= 15 is 0 Å². The van der Waals surface area contributed by atoms with Gasteiger partial charge in [-0.1, -0.05) is 157 Å². The highest BCUT2D eigenvalue weighted by Crippen LogP contribution is 2.48. The Morgan fingerprint density at radius 3 is 2.15 bits per heavy atom. The minimum atomic E-state index is 0.249. The summed E-state index contributed by atoms with van der Waals surface area (Å²) in [6.45, 7) is 2.14. The molecule has 47 heavy (non-hydrogen) atoms. The van der Waals surface area contributed by atoms with Gasteiger partial charge in [-0.25, -0.2) is 4.99 Å². The highest BCUT2D eigenvalue weighted by Gasteiger charge is 2.33. The fraction of sp³-hybridized carbons (Fsp3) is 0.111. The number of fused-ring (bicyclic) bond motifs is 3. The molecule has 8 rings (SSSR count). The van der Waals surface area contributed by atoms with Crippen LogP contribution in [0.15, 0.2) is 173 Å². The van der Waals surface area contributed by atoms with Crippen molar-refractivity contribution < 1.29 is 0 Å². The van der Waals surface area contributed by atoms with Gasteiger partial charge in [-0.3, -0.25) is 4.99 Å². The van der Waals surface area contributed by atoms with E-state index in [2.05, 4.69) is 159 Å². The van der Waals surface area contributed by atoms with Gasteiger partial charge in [-0.05, 0) is 70.0 Å². The molecule has 0 spiro atoms. The molecule has 6 aromatic rings. The maximum atomic E-state index is 5.59. The van der Waals surface area contributed by atoms with Crippen LogP contribution in [0.1, 0.15) is 45.7 Å². The van der Waals surface area contributed by atoms with Gasteiger partial charge in [0.25, 0.3) is 0 Å². The highest BCUT2D eigenvalue weighted by molar-refractivity contribution is 6.28. The Hall–Kier alpha value is -5.60. The average Bonchev–Trinajstić information content (AvgIpc) is 3.51. The Kier molecular flexibility index (Phi) is 7.55. The van der Waals surface area contributed by atoms with Gasteiger partial charge in [0.05, 0.1) is 5.71 Å². The summed E-state index contributed by atoms with van der Waals surface area (Å²) in [7, 11) is 1.86. The summed E-state index contributed by atoms with van der Waals surface area (Å²) in [4.78, 5) is 10.4. The molecule has 0 bridgehead atoms. The van der Waals surface area contributed by atoms with E-state index in [9.17, 15) is 0 Å². The molecule has 1 atom stereocenters. The summed E-state index contributed by atoms with van der Waals surface area (Å²) in [5.41, 5.74) is 14.7. The lowest BCUT2D eigenvalue weighted by atomic mass is 9.78. The van der Waals surface area contributed by atoms with Crippen LogP contribution in [0, 0.1) is 6.92 Å². The fourth-order valence-electron chi connectivity index (χ4n) is 7.34. The lowest BCUT2D eigenvalue weighted by Crippen LogP contribution is -2.17. The predicted octanol–water partition coefficient (Wildman–Crippen LogP) is 10.8. The molecule has 1 unspecified atom stereocenters. The molecule has 0 fully saturated rings. The van der Waals surface area contributed by atoms with Crippen molar-refractivity contribution in [2.45, 2.75) is 25.7 Å². The smallest absolute Gasteiger partial charge is 0.155 e. The summed E-state index contributed by atoms with van der Waals surface area (Å²) in [5.74, 6) is 0.973. The van der Waals surface area contributed by atoms with Gasteiger partial charge in [0.2, 0.25) is 0 Å². The summed E-state index contributed by atoms with van der Waals surface area (Å²) in [5, 5.41) is 2.41. The number of aliphatic imine (C=N–C) groups is 2. The van der Waals surface area contributed by atoms with Crippen molar-refractivity contribution in [3.63, 3.8) is 0 Å². The van der Waals surface area contributed by atoms with Crippen LogP contribution >= 0.6 is 0 Å². The summed E-state index contributed by atoms with van der Waals surface area (Å²) in [6, 6.07) is 52.4. The minimum absolute atomic E-state index is 0.249. The van der Waals surface area contributed by atoms with Crippen LogP contribution < -0.4 is 0 Å². The maximum Gasteiger partial charge on any atom is 0.155 e. The molecular weight excluding hydrogens is 569 g/mol. The first-order valence-corrected chi connectivity index (χ1v) is 16.4. The SMILES string of the molecule is CN=C(N=C(C1=CC(c2ccccc2)CC2=C1c1ccccc1C2)c1ccccc1-c1ccccc1)c1ccc2cc(C)ccc2c1. The zero-order chi connectivity index (χ0) is 31.7. The third-order valence-electron chi connectivity index (χ3n) is 9.58. The van der Waals surface area contributed by atoms with Crippen LogP contribution in [0.4, 0.5) is 0 Å². The molecule has 6 aromatic carbocycles. The third-order valence-corrected chi connectivity index (χ3v) is 9.58. The Bertz CT molecular complexity index is 2250. The molecule has 0 heterocycles. The first-order chi connectivity index (χ1) is 23.2. The number of amidine groups is 1. The number of aryl methyl sites for hydroxylation is 1. The van der Waals surface area contributed by atoms with E-state index in [0.717, 1.165) is 41.1 Å². The molecule has 2 nitrogen and oxygen atoms in total. The molecule has 0 saturated heterocycles. The van der Waals surface area contributed by atoms with Crippen molar-refractivity contribution >= 4 is 27.9 Å². The highest BCUT2D eigenvalue weighted by atomic mass is 14.9. The predicted molar refractivity (Wildman–Crippen MR) is 199 cm³/mol. The van der Waals surface area contributed by atoms with E-state index in [1.165, 1.54) is 55.3 Å². The zero-order valence-electron chi connectivity index (χ0n) is 26.8. The molecule has 0 amide bonds. The first kappa shape index (κ1) is 28.8. The van der Waals surface area contributed by atoms with Gasteiger partial charge >= 0.3 is 0 Å². The molecule has 226 valence electrons. The van der Waals surface area contributed by atoms with E-state index in [1.54, 1.807) is 0 Å². The maximum absolute atomic E-state index is 5.59. The number of nitrogens with zero attached hydrogens (tertiary/aromatic N) is 2. The molecule has 2 aliphatic rings. The van der Waals surface area contributed by atoms with Gasteiger partial charge in [-0.2, -0.15) is 0 Å². The molecule has 0 radical (unpaired) electrons. The lowest BCUT2D eigenvalue weighted by Gasteiger charge is -2.27. The third kappa shape index (κ3) is 5.47. The second-order valence-corrected chi connectivity index (χ2v) is 12.6. The Balaban J connectivity index is 1.38. The first-order valence-electron chi connectivity index (χ1n) is 16.4.